The van der Waals surface area contributed by atoms with Crippen LogP contribution in [0.4, 0.5) is 0 Å². The Kier molecular flexibility index (Phi) is 7.69. The Hall–Kier alpha value is 0.367. The third-order valence-electron chi connectivity index (χ3n) is 2.18. The van der Waals surface area contributed by atoms with Crippen molar-refractivity contribution in [1.29, 1.82) is 5.26 Å². The molecule has 14 heavy (non-hydrogen) atoms. The van der Waals surface area contributed by atoms with Crippen molar-refractivity contribution >= 4 is 31.6 Å². The van der Waals surface area contributed by atoms with Gasteiger partial charge in [0.15, 0.2) is 0 Å². The molecule has 0 aliphatic carbocycles. The van der Waals surface area contributed by atoms with Crippen LogP contribution in [0.2, 0.25) is 0 Å². The number of nitriles is 1. The molecule has 1 rings (SSSR count). The molecule has 0 radical (unpaired) electrons. The molecule has 5 heteroatoms. The molecule has 0 aromatic heterocycles. The first-order valence-corrected chi connectivity index (χ1v) is 9.82. The predicted molar refractivity (Wildman–Crippen MR) is 67.3 cm³/mol. The van der Waals surface area contributed by atoms with Crippen LogP contribution in [0.1, 0.15) is 25.7 Å². The second-order valence-electron chi connectivity index (χ2n) is 3.36. The Morgan fingerprint density at radius 3 is 3.07 bits per heavy atom. The summed E-state index contributed by atoms with van der Waals surface area (Å²) in [6, 6.07) is 0. The highest BCUT2D eigenvalue weighted by molar-refractivity contribution is 8.22. The average Bonchev–Trinajstić information content (AvgIpc) is 2.25. The highest BCUT2D eigenvalue weighted by Gasteiger charge is 2.13. The molecule has 1 aliphatic heterocycles. The summed E-state index contributed by atoms with van der Waals surface area (Å²) in [4.78, 5) is 0. The lowest BCUT2D eigenvalue weighted by atomic mass is 10.2. The van der Waals surface area contributed by atoms with Gasteiger partial charge in [-0.1, -0.05) is 0 Å². The molecule has 0 aromatic carbocycles. The number of hydrogen-bond donors (Lipinski definition) is 0. The lowest BCUT2D eigenvalue weighted by Gasteiger charge is -2.21. The molecule has 0 aromatic rings. The molecule has 1 heterocycles. The number of thioether (sulfide) groups is 1. The van der Waals surface area contributed by atoms with Gasteiger partial charge in [-0.3, -0.25) is 0 Å². The van der Waals surface area contributed by atoms with Gasteiger partial charge >= 0.3 is 0 Å². The summed E-state index contributed by atoms with van der Waals surface area (Å²) >= 11 is 3.47. The van der Waals surface area contributed by atoms with E-state index in [1.54, 1.807) is 0 Å². The third kappa shape index (κ3) is 5.97. The minimum atomic E-state index is -0.0664. The van der Waals surface area contributed by atoms with E-state index in [-0.39, 0.29) is 8.67 Å². The maximum absolute atomic E-state index is 8.32. The van der Waals surface area contributed by atoms with Crippen LogP contribution in [0.25, 0.3) is 0 Å². The van der Waals surface area contributed by atoms with E-state index in [1.165, 1.54) is 43.2 Å². The SMILES string of the molecule is N#CSCCCS[SiH2]C1CCCCO1. The number of nitrogens with zero attached hydrogens (tertiary/aromatic N) is 1. The van der Waals surface area contributed by atoms with Gasteiger partial charge in [-0.15, -0.1) is 0 Å². The lowest BCUT2D eigenvalue weighted by Crippen LogP contribution is -2.23. The minimum Gasteiger partial charge on any atom is -0.381 e. The van der Waals surface area contributed by atoms with Crippen LogP contribution in [-0.2, 0) is 4.74 Å². The van der Waals surface area contributed by atoms with Crippen molar-refractivity contribution in [3.8, 4) is 5.40 Å². The standard InChI is InChI=1S/C9H17NOS2Si/c10-8-12-6-3-7-13-14-9-4-1-2-5-11-9/h9H,1-7,14H2. The van der Waals surface area contributed by atoms with Gasteiger partial charge in [-0.2, -0.15) is 16.5 Å². The van der Waals surface area contributed by atoms with E-state index in [2.05, 4.69) is 16.6 Å². The molecule has 0 bridgehead atoms. The maximum atomic E-state index is 8.32. The van der Waals surface area contributed by atoms with Crippen LogP contribution in [0.15, 0.2) is 0 Å². The zero-order chi connectivity index (χ0) is 10.1. The largest absolute Gasteiger partial charge is 0.381 e. The molecule has 1 aliphatic rings. The molecule has 1 saturated heterocycles. The van der Waals surface area contributed by atoms with Gasteiger partial charge in [0.25, 0.3) is 0 Å². The van der Waals surface area contributed by atoms with E-state index in [1.807, 2.05) is 0 Å². The second-order valence-corrected chi connectivity index (χ2v) is 8.52. The van der Waals surface area contributed by atoms with Crippen molar-refractivity contribution in [2.75, 3.05) is 18.1 Å². The van der Waals surface area contributed by atoms with Crippen molar-refractivity contribution in [2.45, 2.75) is 31.4 Å². The monoisotopic (exact) mass is 247 g/mol. The van der Waals surface area contributed by atoms with Gasteiger partial charge in [-0.25, -0.2) is 0 Å². The van der Waals surface area contributed by atoms with Crippen LogP contribution < -0.4 is 0 Å². The molecule has 80 valence electrons. The molecule has 0 amide bonds. The summed E-state index contributed by atoms with van der Waals surface area (Å²) in [5.74, 6) is 2.21. The van der Waals surface area contributed by atoms with Crippen molar-refractivity contribution in [1.82, 2.24) is 0 Å². The van der Waals surface area contributed by atoms with Gasteiger partial charge < -0.3 is 4.74 Å². The molecular weight excluding hydrogens is 230 g/mol. The number of thiocyanates is 1. The van der Waals surface area contributed by atoms with E-state index in [0.717, 1.165) is 12.4 Å². The van der Waals surface area contributed by atoms with Gasteiger partial charge in [0.2, 0.25) is 0 Å². The molecule has 0 N–H and O–H groups in total. The topological polar surface area (TPSA) is 33.0 Å². The van der Waals surface area contributed by atoms with Crippen LogP contribution >= 0.6 is 23.0 Å². The lowest BCUT2D eigenvalue weighted by molar-refractivity contribution is 0.0668. The second kappa shape index (κ2) is 8.66. The highest BCUT2D eigenvalue weighted by Crippen LogP contribution is 2.16. The van der Waals surface area contributed by atoms with E-state index >= 15 is 0 Å². The first-order chi connectivity index (χ1) is 6.93. The van der Waals surface area contributed by atoms with Crippen LogP contribution in [0, 0.1) is 10.7 Å². The fourth-order valence-corrected chi connectivity index (χ4v) is 6.18. The van der Waals surface area contributed by atoms with E-state index < -0.39 is 0 Å². The quantitative estimate of drug-likeness (QED) is 0.408. The molecule has 1 fully saturated rings. The van der Waals surface area contributed by atoms with Crippen molar-refractivity contribution in [2.24, 2.45) is 0 Å². The summed E-state index contributed by atoms with van der Waals surface area (Å²) in [5, 5.41) is 10.4. The molecular formula is C9H17NOS2Si. The maximum Gasteiger partial charge on any atom is 0.133 e. The Bertz CT molecular complexity index is 180. The highest BCUT2D eigenvalue weighted by atomic mass is 32.4. The van der Waals surface area contributed by atoms with Gasteiger partial charge in [0.05, 0.1) is 5.73 Å². The van der Waals surface area contributed by atoms with E-state index in [4.69, 9.17) is 10.00 Å². The zero-order valence-corrected chi connectivity index (χ0v) is 11.5. The predicted octanol–water partition coefficient (Wildman–Crippen LogP) is 1.93. The first-order valence-electron chi connectivity index (χ1n) is 5.13. The molecule has 1 atom stereocenters. The van der Waals surface area contributed by atoms with Crippen molar-refractivity contribution < 1.29 is 4.74 Å². The Labute approximate surface area is 96.6 Å². The Morgan fingerprint density at radius 1 is 1.43 bits per heavy atom. The fraction of sp³-hybridized carbons (Fsp3) is 0.889. The number of hydrogen-bond acceptors (Lipinski definition) is 4. The molecule has 2 nitrogen and oxygen atoms in total. The summed E-state index contributed by atoms with van der Waals surface area (Å²) in [6.07, 6.45) is 5.09. The summed E-state index contributed by atoms with van der Waals surface area (Å²) in [6.45, 7) is 0.989. The first kappa shape index (κ1) is 12.4. The van der Waals surface area contributed by atoms with Gasteiger partial charge in [-0.05, 0) is 43.2 Å². The zero-order valence-electron chi connectivity index (χ0n) is 8.41. The third-order valence-corrected chi connectivity index (χ3v) is 7.32. The number of ether oxygens (including phenoxy) is 1. The smallest absolute Gasteiger partial charge is 0.133 e. The Morgan fingerprint density at radius 2 is 2.36 bits per heavy atom. The fourth-order valence-electron chi connectivity index (χ4n) is 1.43. The summed E-state index contributed by atoms with van der Waals surface area (Å²) in [7, 11) is -0.0664. The molecule has 1 unspecified atom stereocenters. The van der Waals surface area contributed by atoms with Crippen molar-refractivity contribution in [3.63, 3.8) is 0 Å². The average molecular weight is 247 g/mol. The minimum absolute atomic E-state index is 0.0664. The van der Waals surface area contributed by atoms with Gasteiger partial charge in [0, 0.05) is 12.4 Å². The normalized spacial score (nSPS) is 22.6. The Balaban J connectivity index is 1.85. The van der Waals surface area contributed by atoms with E-state index in [0.29, 0.717) is 5.73 Å². The summed E-state index contributed by atoms with van der Waals surface area (Å²) in [5.41, 5.74) is 0.636. The molecule has 0 spiro atoms. The van der Waals surface area contributed by atoms with Crippen LogP contribution in [0.3, 0.4) is 0 Å². The summed E-state index contributed by atoms with van der Waals surface area (Å²) < 4.78 is 5.69. The number of rotatable bonds is 6. The van der Waals surface area contributed by atoms with Crippen LogP contribution in [-0.4, -0.2) is 32.5 Å². The molecule has 0 saturated carbocycles. The van der Waals surface area contributed by atoms with Gasteiger partial charge in [0.1, 0.15) is 14.1 Å². The van der Waals surface area contributed by atoms with Crippen LogP contribution in [0.5, 0.6) is 0 Å². The van der Waals surface area contributed by atoms with E-state index in [9.17, 15) is 0 Å². The van der Waals surface area contributed by atoms with Crippen molar-refractivity contribution in [3.05, 3.63) is 0 Å².